The summed E-state index contributed by atoms with van der Waals surface area (Å²) in [5.41, 5.74) is 7.80. The molecule has 164 valence electrons. The molecule has 0 spiro atoms. The predicted molar refractivity (Wildman–Crippen MR) is 131 cm³/mol. The maximum atomic E-state index is 9.11. The van der Waals surface area contributed by atoms with Crippen LogP contribution in [0, 0.1) is 11.3 Å². The molecule has 1 saturated heterocycles. The Balaban J connectivity index is 1.40. The molecule has 2 aromatic carbocycles. The van der Waals surface area contributed by atoms with Gasteiger partial charge in [-0.3, -0.25) is 4.57 Å². The summed E-state index contributed by atoms with van der Waals surface area (Å²) in [6, 6.07) is 19.6. The molecule has 0 radical (unpaired) electrons. The van der Waals surface area contributed by atoms with Gasteiger partial charge < -0.3 is 14.4 Å². The minimum absolute atomic E-state index is 0.607. The Hall–Kier alpha value is -3.82. The zero-order chi connectivity index (χ0) is 22.5. The fraction of sp³-hybridized carbons (Fsp3) is 0.259. The summed E-state index contributed by atoms with van der Waals surface area (Å²) in [5, 5.41) is 9.11. The van der Waals surface area contributed by atoms with Crippen molar-refractivity contribution in [3.05, 3.63) is 78.2 Å². The Morgan fingerprint density at radius 2 is 1.91 bits per heavy atom. The fourth-order valence-corrected chi connectivity index (χ4v) is 5.12. The van der Waals surface area contributed by atoms with E-state index in [1.807, 2.05) is 30.5 Å². The molecule has 2 aliphatic rings. The summed E-state index contributed by atoms with van der Waals surface area (Å²) in [7, 11) is 4.34. The molecule has 0 saturated carbocycles. The molecule has 6 nitrogen and oxygen atoms in total. The molecular formula is C27H26N6. The number of nitriles is 1. The van der Waals surface area contributed by atoms with Crippen molar-refractivity contribution in [2.45, 2.75) is 19.0 Å². The van der Waals surface area contributed by atoms with E-state index in [4.69, 9.17) is 10.2 Å². The first-order valence-electron chi connectivity index (χ1n) is 11.4. The van der Waals surface area contributed by atoms with Crippen molar-refractivity contribution in [1.82, 2.24) is 19.0 Å². The maximum absolute atomic E-state index is 9.11. The van der Waals surface area contributed by atoms with Crippen LogP contribution in [0.5, 0.6) is 0 Å². The van der Waals surface area contributed by atoms with Crippen LogP contribution >= 0.6 is 0 Å². The number of hydrogen-bond donors (Lipinski definition) is 0. The minimum Gasteiger partial charge on any atom is -0.370 e. The zero-order valence-electron chi connectivity index (χ0n) is 18.9. The number of aromatic nitrogens is 3. The summed E-state index contributed by atoms with van der Waals surface area (Å²) >= 11 is 0. The van der Waals surface area contributed by atoms with Crippen LogP contribution in [0.3, 0.4) is 0 Å². The van der Waals surface area contributed by atoms with Crippen LogP contribution in [0.4, 0.5) is 5.69 Å². The molecule has 2 aliphatic heterocycles. The van der Waals surface area contributed by atoms with Crippen LogP contribution in [0.15, 0.2) is 67.1 Å². The molecule has 4 heterocycles. The van der Waals surface area contributed by atoms with Crippen LogP contribution in [-0.4, -0.2) is 52.2 Å². The Bertz CT molecular complexity index is 1370. The normalized spacial score (nSPS) is 16.8. The first-order chi connectivity index (χ1) is 16.1. The van der Waals surface area contributed by atoms with Crippen LogP contribution in [0.2, 0.25) is 0 Å². The molecule has 33 heavy (non-hydrogen) atoms. The first kappa shape index (κ1) is 19.8. The Kier molecular flexibility index (Phi) is 4.60. The van der Waals surface area contributed by atoms with Gasteiger partial charge in [0.15, 0.2) is 5.82 Å². The van der Waals surface area contributed by atoms with Gasteiger partial charge in [0.25, 0.3) is 0 Å². The summed E-state index contributed by atoms with van der Waals surface area (Å²) < 4.78 is 4.50. The Morgan fingerprint density at radius 1 is 1.06 bits per heavy atom. The molecule has 0 N–H and O–H groups in total. The van der Waals surface area contributed by atoms with E-state index in [1.54, 1.807) is 0 Å². The smallest absolute Gasteiger partial charge is 0.161 e. The van der Waals surface area contributed by atoms with Crippen molar-refractivity contribution in [2.75, 3.05) is 32.1 Å². The van der Waals surface area contributed by atoms with Crippen molar-refractivity contribution >= 4 is 5.69 Å². The lowest BCUT2D eigenvalue weighted by molar-refractivity contribution is 0.315. The van der Waals surface area contributed by atoms with Crippen molar-refractivity contribution in [3.63, 3.8) is 0 Å². The second-order valence-corrected chi connectivity index (χ2v) is 9.22. The zero-order valence-corrected chi connectivity index (χ0v) is 18.9. The van der Waals surface area contributed by atoms with Gasteiger partial charge in [-0.25, -0.2) is 4.98 Å². The predicted octanol–water partition coefficient (Wildman–Crippen LogP) is 4.38. The molecule has 2 aromatic heterocycles. The van der Waals surface area contributed by atoms with Crippen molar-refractivity contribution in [2.24, 2.45) is 0 Å². The third-order valence-electron chi connectivity index (χ3n) is 7.04. The second kappa shape index (κ2) is 7.65. The quantitative estimate of drug-likeness (QED) is 0.423. The highest BCUT2D eigenvalue weighted by Gasteiger charge is 2.26. The summed E-state index contributed by atoms with van der Waals surface area (Å²) in [6.45, 7) is 2.96. The average molecular weight is 435 g/mol. The molecule has 1 unspecified atom stereocenters. The van der Waals surface area contributed by atoms with E-state index in [-0.39, 0.29) is 0 Å². The highest BCUT2D eigenvalue weighted by Crippen LogP contribution is 2.35. The van der Waals surface area contributed by atoms with Crippen molar-refractivity contribution < 1.29 is 0 Å². The Labute approximate surface area is 193 Å². The molecule has 0 bridgehead atoms. The summed E-state index contributed by atoms with van der Waals surface area (Å²) in [5.74, 6) is 0.954. The van der Waals surface area contributed by atoms with Crippen LogP contribution < -0.4 is 4.90 Å². The van der Waals surface area contributed by atoms with Gasteiger partial charge in [-0.15, -0.1) is 0 Å². The minimum atomic E-state index is 0.607. The van der Waals surface area contributed by atoms with E-state index in [0.717, 1.165) is 42.3 Å². The SMILES string of the molecule is CN(C)C1CCN(c2ccc3c(c2)Cn2cc(-c4ccc(C#N)cc4)cc2-c2nccn2-3)C1. The molecule has 0 aliphatic carbocycles. The topological polar surface area (TPSA) is 53.0 Å². The monoisotopic (exact) mass is 434 g/mol. The van der Waals surface area contributed by atoms with Crippen LogP contribution in [0.25, 0.3) is 28.3 Å². The lowest BCUT2D eigenvalue weighted by Gasteiger charge is -2.23. The summed E-state index contributed by atoms with van der Waals surface area (Å²) in [6.07, 6.45) is 7.33. The standard InChI is InChI=1S/C27H26N6/c1-30(2)24-9-11-31(18-24)23-7-8-25-22(13-23)17-32-16-21(20-5-3-19(15-28)4-6-20)14-26(32)27-29-10-12-33(25)27/h3-8,10,12-14,16,24H,9,11,17-18H2,1-2H3. The number of fused-ring (bicyclic) bond motifs is 5. The van der Waals surface area contributed by atoms with Gasteiger partial charge in [0.2, 0.25) is 0 Å². The number of nitrogens with zero attached hydrogens (tertiary/aromatic N) is 6. The third kappa shape index (κ3) is 3.33. The summed E-state index contributed by atoms with van der Waals surface area (Å²) in [4.78, 5) is 9.54. The van der Waals surface area contributed by atoms with Gasteiger partial charge in [-0.1, -0.05) is 12.1 Å². The lowest BCUT2D eigenvalue weighted by Crippen LogP contribution is -2.31. The van der Waals surface area contributed by atoms with Gasteiger partial charge in [0, 0.05) is 55.5 Å². The van der Waals surface area contributed by atoms with E-state index >= 15 is 0 Å². The molecule has 1 fully saturated rings. The number of likely N-dealkylation sites (N-methyl/N-ethyl adjacent to an activating group) is 1. The van der Waals surface area contributed by atoms with Crippen molar-refractivity contribution in [1.29, 1.82) is 5.26 Å². The van der Waals surface area contributed by atoms with Gasteiger partial charge in [0.05, 0.1) is 23.0 Å². The lowest BCUT2D eigenvalue weighted by atomic mass is 10.1. The van der Waals surface area contributed by atoms with E-state index in [1.165, 1.54) is 23.4 Å². The van der Waals surface area contributed by atoms with Crippen LogP contribution in [-0.2, 0) is 6.54 Å². The third-order valence-corrected chi connectivity index (χ3v) is 7.04. The van der Waals surface area contributed by atoms with Gasteiger partial charge in [-0.2, -0.15) is 5.26 Å². The number of imidazole rings is 1. The Morgan fingerprint density at radius 3 is 2.67 bits per heavy atom. The number of hydrogen-bond acceptors (Lipinski definition) is 4. The van der Waals surface area contributed by atoms with E-state index in [2.05, 4.69) is 75.8 Å². The van der Waals surface area contributed by atoms with E-state index in [9.17, 15) is 0 Å². The molecule has 1 atom stereocenters. The van der Waals surface area contributed by atoms with Gasteiger partial charge >= 0.3 is 0 Å². The highest BCUT2D eigenvalue weighted by atomic mass is 15.2. The van der Waals surface area contributed by atoms with E-state index < -0.39 is 0 Å². The average Bonchev–Trinajstić information content (AvgIpc) is 3.58. The van der Waals surface area contributed by atoms with Gasteiger partial charge in [0.1, 0.15) is 0 Å². The largest absolute Gasteiger partial charge is 0.370 e. The molecule has 4 aromatic rings. The highest BCUT2D eigenvalue weighted by molar-refractivity contribution is 5.72. The fourth-order valence-electron chi connectivity index (χ4n) is 5.12. The molecule has 6 rings (SSSR count). The number of anilines is 1. The van der Waals surface area contributed by atoms with Crippen molar-refractivity contribution in [3.8, 4) is 34.4 Å². The van der Waals surface area contributed by atoms with E-state index in [0.29, 0.717) is 11.6 Å². The molecule has 6 heteroatoms. The maximum Gasteiger partial charge on any atom is 0.161 e. The number of rotatable bonds is 3. The first-order valence-corrected chi connectivity index (χ1v) is 11.4. The number of benzene rings is 2. The second-order valence-electron chi connectivity index (χ2n) is 9.22. The molecule has 0 amide bonds. The molecular weight excluding hydrogens is 408 g/mol. The van der Waals surface area contributed by atoms with Gasteiger partial charge in [-0.05, 0) is 68.0 Å². The van der Waals surface area contributed by atoms with Crippen LogP contribution in [0.1, 0.15) is 17.5 Å².